The maximum absolute atomic E-state index is 11.3. The maximum Gasteiger partial charge on any atom is 0.330 e. The molecule has 2 aliphatic heterocycles. The molecule has 0 bridgehead atoms. The van der Waals surface area contributed by atoms with Crippen molar-refractivity contribution in [2.24, 2.45) is 23.7 Å². The molecule has 0 aromatic heterocycles. The molecule has 0 saturated carbocycles. The van der Waals surface area contributed by atoms with Crippen molar-refractivity contribution < 1.29 is 33.0 Å². The second-order valence-electron chi connectivity index (χ2n) is 18.7. The second-order valence-corrected chi connectivity index (χ2v) is 53.0. The third-order valence-corrected chi connectivity index (χ3v) is 49.9. The highest BCUT2D eigenvalue weighted by Gasteiger charge is 2.46. The Hall–Kier alpha value is 2.18. The minimum Gasteiger partial charge on any atom is -0.466 e. The van der Waals surface area contributed by atoms with Gasteiger partial charge in [-0.1, -0.05) is 99.6 Å². The van der Waals surface area contributed by atoms with Crippen LogP contribution in [-0.4, -0.2) is 78.1 Å². The first-order valence-corrected chi connectivity index (χ1v) is 47.2. The summed E-state index contributed by atoms with van der Waals surface area (Å²) in [6, 6.07) is 0. The molecule has 10 atom stereocenters. The van der Waals surface area contributed by atoms with E-state index in [1.165, 1.54) is 30.9 Å². The van der Waals surface area contributed by atoms with Gasteiger partial charge in [-0.25, -0.2) is 4.79 Å². The van der Waals surface area contributed by atoms with Crippen LogP contribution >= 0.6 is 0 Å². The van der Waals surface area contributed by atoms with Gasteiger partial charge in [0.15, 0.2) is 16.6 Å². The van der Waals surface area contributed by atoms with E-state index in [4.69, 9.17) is 45.8 Å². The van der Waals surface area contributed by atoms with Gasteiger partial charge in [-0.2, -0.15) is 0 Å². The van der Waals surface area contributed by atoms with Gasteiger partial charge in [-0.3, -0.25) is 0 Å². The molecular weight excluding hydrogens is 1170 g/mol. The van der Waals surface area contributed by atoms with Crippen LogP contribution in [0.1, 0.15) is 94.9 Å². The molecule has 0 spiro atoms. The molecule has 0 amide bonds. The van der Waals surface area contributed by atoms with Crippen molar-refractivity contribution in [3.8, 4) is 0 Å². The van der Waals surface area contributed by atoms with Crippen LogP contribution < -0.4 is 0 Å². The average molecular weight is 1250 g/mol. The predicted molar refractivity (Wildman–Crippen MR) is 332 cm³/mol. The van der Waals surface area contributed by atoms with Crippen molar-refractivity contribution in [3.63, 3.8) is 0 Å². The summed E-state index contributed by atoms with van der Waals surface area (Å²) in [5, 5.41) is 9.29. The average Bonchev–Trinajstić information content (AvgIpc) is 3.24. The molecule has 0 radical (unpaired) electrons. The molecule has 2 heterocycles. The van der Waals surface area contributed by atoms with Crippen LogP contribution in [0, 0.1) is 23.7 Å². The Bertz CT molecular complexity index is 2160. The van der Waals surface area contributed by atoms with Gasteiger partial charge < -0.3 is 28.2 Å². The Balaban J connectivity index is 0.000000989. The van der Waals surface area contributed by atoms with E-state index in [-0.39, 0.29) is 71.1 Å². The number of esters is 1. The molecule has 0 aromatic rings. The number of aliphatic hydroxyl groups excluding tert-OH is 1. The van der Waals surface area contributed by atoms with Crippen LogP contribution in [-0.2, 0) is 175 Å². The fourth-order valence-corrected chi connectivity index (χ4v) is 41.7. The van der Waals surface area contributed by atoms with Crippen molar-refractivity contribution in [1.29, 1.82) is 0 Å². The highest BCUT2D eigenvalue weighted by Crippen LogP contribution is 2.43. The van der Waals surface area contributed by atoms with Crippen molar-refractivity contribution >= 4 is 169 Å². The highest BCUT2D eigenvalue weighted by molar-refractivity contribution is 8.77. The van der Waals surface area contributed by atoms with E-state index in [9.17, 15) is 4.79 Å². The van der Waals surface area contributed by atoms with E-state index >= 15 is 0 Å². The van der Waals surface area contributed by atoms with E-state index < -0.39 is 16.6 Å². The molecule has 386 valence electrons. The van der Waals surface area contributed by atoms with E-state index in [1.807, 2.05) is 24.3 Å². The van der Waals surface area contributed by atoms with Gasteiger partial charge in [0, 0.05) is 165 Å². The SMILES string of the molecule is C=C[C@H](C)[C@@H]1O[C@H](C/C=C\C(=O)OC)[C@H](C)C[C@@H]1O[Si](C)(C)C(C)(C)C.C=C[C@H](C)[C@@H]1O[C@H](C/C=C\CO)[C@H](C)C[C@@H]1O[Si](C)(C)C(C)(C)C.S=S=S=S=S=S=S=S=S=S=S=S=S=S=S=S. The summed E-state index contributed by atoms with van der Waals surface area (Å²) >= 11 is 9.46. The first kappa shape index (κ1) is 68.2. The number of carbonyl (C=O) groups is 1. The molecule has 0 unspecified atom stereocenters. The summed E-state index contributed by atoms with van der Waals surface area (Å²) in [6.07, 6.45) is 15.1. The van der Waals surface area contributed by atoms with E-state index in [0.717, 1.165) is 19.3 Å². The van der Waals surface area contributed by atoms with Crippen LogP contribution in [0.3, 0.4) is 0 Å². The van der Waals surface area contributed by atoms with Gasteiger partial charge in [0.1, 0.15) is 0 Å². The Morgan fingerprint density at radius 3 is 1.29 bits per heavy atom. The number of rotatable bonds is 14. The number of carbonyl (C=O) groups excluding carboxylic acids is 1. The Labute approximate surface area is 451 Å². The second kappa shape index (κ2) is 37.0. The molecule has 2 fully saturated rings. The van der Waals surface area contributed by atoms with Gasteiger partial charge in [-0.05, 0) is 73.8 Å². The van der Waals surface area contributed by atoms with Crippen molar-refractivity contribution in [3.05, 3.63) is 49.6 Å². The first-order chi connectivity index (χ1) is 30.9. The quantitative estimate of drug-likeness (QED) is 0.0792. The lowest BCUT2D eigenvalue weighted by Crippen LogP contribution is -2.53. The molecule has 2 saturated heterocycles. The van der Waals surface area contributed by atoms with Gasteiger partial charge in [0.2, 0.25) is 0 Å². The lowest BCUT2D eigenvalue weighted by atomic mass is 9.85. The summed E-state index contributed by atoms with van der Waals surface area (Å²) in [5.74, 6) is 0.946. The van der Waals surface area contributed by atoms with Crippen molar-refractivity contribution in [2.75, 3.05) is 13.7 Å². The summed E-state index contributed by atoms with van der Waals surface area (Å²) < 4.78 is 31.0. The number of aliphatic hydroxyl groups is 1. The van der Waals surface area contributed by atoms with E-state index in [0.29, 0.717) is 18.3 Å². The smallest absolute Gasteiger partial charge is 0.330 e. The fraction of sp³-hybridized carbons (Fsp3) is 0.780. The topological polar surface area (TPSA) is 83.5 Å². The zero-order valence-corrected chi connectivity index (χ0v) is 56.2. The first-order valence-electron chi connectivity index (χ1n) is 21.4. The third-order valence-electron chi connectivity index (χ3n) is 12.0. The van der Waals surface area contributed by atoms with E-state index in [2.05, 4.69) is 113 Å². The molecule has 25 heteroatoms. The monoisotopic (exact) mass is 1250 g/mol. The Morgan fingerprint density at radius 1 is 0.667 bits per heavy atom. The van der Waals surface area contributed by atoms with Gasteiger partial charge in [0.25, 0.3) is 0 Å². The molecule has 0 aliphatic carbocycles. The maximum atomic E-state index is 11.3. The zero-order valence-electron chi connectivity index (χ0n) is 41.1. The van der Waals surface area contributed by atoms with E-state index in [1.54, 1.807) is 113 Å². The number of hydrogen-bond donors (Lipinski definition) is 1. The van der Waals surface area contributed by atoms with Crippen LogP contribution in [0.15, 0.2) is 49.6 Å². The van der Waals surface area contributed by atoms with Crippen molar-refractivity contribution in [1.82, 2.24) is 0 Å². The zero-order chi connectivity index (χ0) is 50.6. The summed E-state index contributed by atoms with van der Waals surface area (Å²) in [5.41, 5.74) is 0. The Kier molecular flexibility index (Phi) is 38.2. The Morgan fingerprint density at radius 2 is 1.00 bits per heavy atom. The molecular formula is C41H76O7S16Si2. The summed E-state index contributed by atoms with van der Waals surface area (Å²) in [7, 11) is 21.2. The largest absolute Gasteiger partial charge is 0.466 e. The van der Waals surface area contributed by atoms with Crippen LogP contribution in [0.2, 0.25) is 36.3 Å². The lowest BCUT2D eigenvalue weighted by Gasteiger charge is -2.47. The minimum absolute atomic E-state index is 0.00523. The summed E-state index contributed by atoms with van der Waals surface area (Å²) in [4.78, 5) is 11.3. The minimum atomic E-state index is -1.88. The lowest BCUT2D eigenvalue weighted by molar-refractivity contribution is -0.147. The summed E-state index contributed by atoms with van der Waals surface area (Å²) in [6.45, 7) is 39.6. The number of methoxy groups -OCH3 is 1. The van der Waals surface area contributed by atoms with Crippen LogP contribution in [0.4, 0.5) is 0 Å². The van der Waals surface area contributed by atoms with Crippen LogP contribution in [0.25, 0.3) is 0 Å². The standard InChI is InChI=1S/C21H38O4Si.C20H38O3Si.S16/c1-10-15(2)20-18(25-26(8,9)21(4,5)6)14-16(3)17(24-20)12-11-13-19(22)23-7;1-9-15(2)19-18(23-24(7,8)20(4,5)6)14-16(3)17(22-19)12-10-11-13-21;1-3-5-7-9-11-13-15-16-14-12-10-8-6-4-2/h10-11,13,15-18,20H,1,12,14H2,2-9H3;9-11,15-19,21H,1,12-14H2,2-8H3;/b13-11-;11-10-;/t15-,16+,17+,18-,20-;15-,16+,17+,18-,19-;/m00./s1. The number of ether oxygens (including phenoxy) is 3. The van der Waals surface area contributed by atoms with Gasteiger partial charge in [0.05, 0.1) is 50.3 Å². The third kappa shape index (κ3) is 28.0. The number of hydrogen-bond acceptors (Lipinski definition) is 9. The molecule has 1 N–H and O–H groups in total. The molecule has 0 aromatic carbocycles. The molecule has 7 nitrogen and oxygen atoms in total. The van der Waals surface area contributed by atoms with Crippen molar-refractivity contribution in [2.45, 2.75) is 168 Å². The van der Waals surface area contributed by atoms with Crippen LogP contribution in [0.5, 0.6) is 0 Å². The predicted octanol–water partition coefficient (Wildman–Crippen LogP) is 10.0. The normalized spacial score (nSPS) is 24.2. The molecule has 2 aliphatic rings. The molecule has 2 rings (SSSR count). The fourth-order valence-electron chi connectivity index (χ4n) is 6.07. The van der Waals surface area contributed by atoms with Gasteiger partial charge >= 0.3 is 5.97 Å². The highest BCUT2D eigenvalue weighted by atomic mass is 33.5. The molecule has 66 heavy (non-hydrogen) atoms. The van der Waals surface area contributed by atoms with Gasteiger partial charge in [-0.15, -0.1) is 13.2 Å².